The molecule has 1 aromatic carbocycles. The van der Waals surface area contributed by atoms with Crippen LogP contribution in [0, 0.1) is 0 Å². The van der Waals surface area contributed by atoms with Gasteiger partial charge in [0.1, 0.15) is 11.9 Å². The van der Waals surface area contributed by atoms with E-state index in [1.807, 2.05) is 0 Å². The van der Waals surface area contributed by atoms with Crippen LogP contribution in [0.3, 0.4) is 0 Å². The quantitative estimate of drug-likeness (QED) is 0.684. The maximum atomic E-state index is 10.6. The standard InChI is InChI=1S/C12H15BrO5/c1-18-10-3-2-7(5-11(15)16)4-8(10)12(17)9(14)6-13/h2-4,9,12,14,17H,5-6H2,1H3,(H,15,16). The molecule has 0 aliphatic carbocycles. The van der Waals surface area contributed by atoms with E-state index >= 15 is 0 Å². The van der Waals surface area contributed by atoms with Crippen LogP contribution in [0.25, 0.3) is 0 Å². The van der Waals surface area contributed by atoms with Crippen LogP contribution < -0.4 is 4.74 Å². The van der Waals surface area contributed by atoms with Gasteiger partial charge in [0.2, 0.25) is 0 Å². The van der Waals surface area contributed by atoms with Crippen LogP contribution in [0.2, 0.25) is 0 Å². The monoisotopic (exact) mass is 318 g/mol. The molecule has 0 spiro atoms. The van der Waals surface area contributed by atoms with Gasteiger partial charge < -0.3 is 20.1 Å². The van der Waals surface area contributed by atoms with E-state index in [0.29, 0.717) is 16.9 Å². The second-order valence-electron chi connectivity index (χ2n) is 3.81. The highest BCUT2D eigenvalue weighted by molar-refractivity contribution is 9.09. The zero-order valence-corrected chi connectivity index (χ0v) is 11.4. The zero-order valence-electron chi connectivity index (χ0n) is 9.84. The molecule has 1 rings (SSSR count). The SMILES string of the molecule is COc1ccc(CC(=O)O)cc1C(O)C(O)CBr. The second-order valence-corrected chi connectivity index (χ2v) is 4.46. The molecule has 18 heavy (non-hydrogen) atoms. The number of methoxy groups -OCH3 is 1. The molecule has 2 atom stereocenters. The highest BCUT2D eigenvalue weighted by Crippen LogP contribution is 2.29. The number of hydrogen-bond acceptors (Lipinski definition) is 4. The lowest BCUT2D eigenvalue weighted by atomic mass is 10.00. The van der Waals surface area contributed by atoms with Gasteiger partial charge in [0.25, 0.3) is 0 Å². The molecule has 0 heterocycles. The van der Waals surface area contributed by atoms with Crippen molar-refractivity contribution in [2.45, 2.75) is 18.6 Å². The summed E-state index contributed by atoms with van der Waals surface area (Å²) in [6, 6.07) is 4.73. The minimum absolute atomic E-state index is 0.145. The van der Waals surface area contributed by atoms with Gasteiger partial charge in [-0.25, -0.2) is 0 Å². The molecule has 6 heteroatoms. The van der Waals surface area contributed by atoms with E-state index in [4.69, 9.17) is 9.84 Å². The number of aliphatic carboxylic acids is 1. The van der Waals surface area contributed by atoms with Crippen LogP contribution in [0.5, 0.6) is 5.75 Å². The Hall–Kier alpha value is -1.11. The summed E-state index contributed by atoms with van der Waals surface area (Å²) in [5, 5.41) is 28.5. The number of hydrogen-bond donors (Lipinski definition) is 3. The Bertz CT molecular complexity index is 421. The van der Waals surface area contributed by atoms with E-state index in [-0.39, 0.29) is 11.8 Å². The van der Waals surface area contributed by atoms with Crippen LogP contribution in [-0.2, 0) is 11.2 Å². The summed E-state index contributed by atoms with van der Waals surface area (Å²) in [6.45, 7) is 0. The van der Waals surface area contributed by atoms with Crippen molar-refractivity contribution in [1.29, 1.82) is 0 Å². The molecular formula is C12H15BrO5. The Kier molecular flexibility index (Phi) is 5.58. The number of aliphatic hydroxyl groups excluding tert-OH is 2. The molecule has 0 saturated heterocycles. The molecule has 0 amide bonds. The number of rotatable bonds is 6. The topological polar surface area (TPSA) is 87.0 Å². The summed E-state index contributed by atoms with van der Waals surface area (Å²) >= 11 is 3.07. The average Bonchev–Trinajstić information content (AvgIpc) is 2.36. The summed E-state index contributed by atoms with van der Waals surface area (Å²) in [6.07, 6.45) is -2.26. The molecule has 0 bridgehead atoms. The maximum absolute atomic E-state index is 10.6. The van der Waals surface area contributed by atoms with Gasteiger partial charge in [-0.1, -0.05) is 22.0 Å². The van der Waals surface area contributed by atoms with Gasteiger partial charge in [-0.2, -0.15) is 0 Å². The summed E-state index contributed by atoms with van der Waals surface area (Å²) in [5.74, 6) is -0.543. The largest absolute Gasteiger partial charge is 0.496 e. The molecular weight excluding hydrogens is 304 g/mol. The van der Waals surface area contributed by atoms with Gasteiger partial charge in [-0.15, -0.1) is 0 Å². The third-order valence-corrected chi connectivity index (χ3v) is 3.15. The second kappa shape index (κ2) is 6.72. The first-order valence-corrected chi connectivity index (χ1v) is 6.42. The fraction of sp³-hybridized carbons (Fsp3) is 0.417. The maximum Gasteiger partial charge on any atom is 0.307 e. The molecule has 0 aliphatic heterocycles. The zero-order chi connectivity index (χ0) is 13.7. The van der Waals surface area contributed by atoms with Gasteiger partial charge in [-0.3, -0.25) is 4.79 Å². The van der Waals surface area contributed by atoms with Crippen molar-refractivity contribution in [2.75, 3.05) is 12.4 Å². The number of ether oxygens (including phenoxy) is 1. The molecule has 5 nitrogen and oxygen atoms in total. The third kappa shape index (κ3) is 3.69. The van der Waals surface area contributed by atoms with Crippen LogP contribution in [0.1, 0.15) is 17.2 Å². The van der Waals surface area contributed by atoms with Crippen molar-refractivity contribution in [2.24, 2.45) is 0 Å². The number of halogens is 1. The number of carboxylic acids is 1. The number of alkyl halides is 1. The van der Waals surface area contributed by atoms with E-state index in [0.717, 1.165) is 0 Å². The Morgan fingerprint density at radius 3 is 2.61 bits per heavy atom. The van der Waals surface area contributed by atoms with E-state index in [1.165, 1.54) is 13.2 Å². The molecule has 0 fully saturated rings. The molecule has 2 unspecified atom stereocenters. The summed E-state index contributed by atoms with van der Waals surface area (Å²) < 4.78 is 5.09. The fourth-order valence-corrected chi connectivity index (χ4v) is 1.95. The van der Waals surface area contributed by atoms with Crippen LogP contribution >= 0.6 is 15.9 Å². The van der Waals surface area contributed by atoms with Crippen molar-refractivity contribution in [3.05, 3.63) is 29.3 Å². The number of carbonyl (C=O) groups is 1. The molecule has 0 radical (unpaired) electrons. The number of carboxylic acid groups (broad SMARTS) is 1. The van der Waals surface area contributed by atoms with Gasteiger partial charge in [0.05, 0.1) is 19.6 Å². The Labute approximate surface area is 113 Å². The third-order valence-electron chi connectivity index (χ3n) is 2.49. The Morgan fingerprint density at radius 1 is 1.44 bits per heavy atom. The Balaban J connectivity index is 3.09. The summed E-state index contributed by atoms with van der Waals surface area (Å²) in [4.78, 5) is 10.6. The van der Waals surface area contributed by atoms with E-state index in [2.05, 4.69) is 15.9 Å². The average molecular weight is 319 g/mol. The van der Waals surface area contributed by atoms with Crippen molar-refractivity contribution >= 4 is 21.9 Å². The van der Waals surface area contributed by atoms with Crippen LogP contribution in [0.4, 0.5) is 0 Å². The van der Waals surface area contributed by atoms with Gasteiger partial charge in [0, 0.05) is 10.9 Å². The first-order chi connectivity index (χ1) is 8.49. The van der Waals surface area contributed by atoms with Gasteiger partial charge in [0.15, 0.2) is 0 Å². The van der Waals surface area contributed by atoms with Crippen molar-refractivity contribution in [1.82, 2.24) is 0 Å². The van der Waals surface area contributed by atoms with Gasteiger partial charge in [-0.05, 0) is 17.7 Å². The molecule has 100 valence electrons. The Morgan fingerprint density at radius 2 is 2.11 bits per heavy atom. The highest BCUT2D eigenvalue weighted by atomic mass is 79.9. The highest BCUT2D eigenvalue weighted by Gasteiger charge is 2.21. The number of aliphatic hydroxyl groups is 2. The number of benzene rings is 1. The first kappa shape index (κ1) is 14.9. The lowest BCUT2D eigenvalue weighted by molar-refractivity contribution is -0.136. The lowest BCUT2D eigenvalue weighted by Crippen LogP contribution is -2.20. The minimum atomic E-state index is -1.13. The molecule has 1 aromatic rings. The summed E-state index contributed by atoms with van der Waals surface area (Å²) in [7, 11) is 1.45. The molecule has 3 N–H and O–H groups in total. The minimum Gasteiger partial charge on any atom is -0.496 e. The van der Waals surface area contributed by atoms with Gasteiger partial charge >= 0.3 is 5.97 Å². The lowest BCUT2D eigenvalue weighted by Gasteiger charge is -2.19. The molecule has 0 aliphatic rings. The molecule has 0 aromatic heterocycles. The van der Waals surface area contributed by atoms with E-state index in [1.54, 1.807) is 12.1 Å². The van der Waals surface area contributed by atoms with E-state index < -0.39 is 18.2 Å². The smallest absolute Gasteiger partial charge is 0.307 e. The van der Waals surface area contributed by atoms with E-state index in [9.17, 15) is 15.0 Å². The molecule has 0 saturated carbocycles. The van der Waals surface area contributed by atoms with Crippen molar-refractivity contribution < 1.29 is 24.9 Å². The normalized spacial score (nSPS) is 14.0. The van der Waals surface area contributed by atoms with Crippen LogP contribution in [-0.4, -0.2) is 39.8 Å². The predicted octanol–water partition coefficient (Wildman–Crippen LogP) is 1.11. The van der Waals surface area contributed by atoms with Crippen molar-refractivity contribution in [3.63, 3.8) is 0 Å². The predicted molar refractivity (Wildman–Crippen MR) is 69.1 cm³/mol. The fourth-order valence-electron chi connectivity index (χ4n) is 1.59. The first-order valence-electron chi connectivity index (χ1n) is 5.30. The summed E-state index contributed by atoms with van der Waals surface area (Å²) in [5.41, 5.74) is 0.919. The van der Waals surface area contributed by atoms with Crippen LogP contribution in [0.15, 0.2) is 18.2 Å². The van der Waals surface area contributed by atoms with Crippen molar-refractivity contribution in [3.8, 4) is 5.75 Å².